The molecule has 36 heavy (non-hydrogen) atoms. The molecule has 14 heteroatoms. The molecule has 0 saturated carbocycles. The summed E-state index contributed by atoms with van der Waals surface area (Å²) in [7, 11) is -2.62. The highest BCUT2D eigenvalue weighted by atomic mass is 32.2. The number of carbonyl (C=O) groups excluding carboxylic acids is 2. The van der Waals surface area contributed by atoms with Crippen molar-refractivity contribution in [2.24, 2.45) is 0 Å². The molecule has 0 aromatic heterocycles. The Morgan fingerprint density at radius 3 is 2.44 bits per heavy atom. The molecule has 3 aliphatic heterocycles. The third-order valence-corrected chi connectivity index (χ3v) is 8.84. The number of halogens is 1. The maximum absolute atomic E-state index is 13.6. The van der Waals surface area contributed by atoms with E-state index in [9.17, 15) is 27.6 Å². The van der Waals surface area contributed by atoms with Gasteiger partial charge in [-0.3, -0.25) is 14.9 Å². The van der Waals surface area contributed by atoms with Crippen molar-refractivity contribution in [2.75, 3.05) is 40.0 Å². The average Bonchev–Trinajstić information content (AvgIpc) is 3.18. The molecule has 4 rings (SSSR count). The number of fused-ring (bicyclic) bond motifs is 2. The molecule has 2 N–H and O–H groups in total. The van der Waals surface area contributed by atoms with Crippen LogP contribution in [0.25, 0.3) is 0 Å². The summed E-state index contributed by atoms with van der Waals surface area (Å²) in [6.07, 6.45) is 0.818. The van der Waals surface area contributed by atoms with Gasteiger partial charge in [-0.05, 0) is 49.9 Å². The standard InChI is InChI=1S/C22H31FN4O8S/c1-33-12-13-34-22(29)27-16-4-7-19(27)20(21(28)24-30)26(14-16)36(31,32)25-10-8-18(9-11-25)35-17-5-2-15(23)3-6-17/h2-3,5-6,16,18-20,30H,4,7-14H2,1H3,(H,24,28)/t16-,19+,20-/m1/s1. The molecule has 3 atom stereocenters. The van der Waals surface area contributed by atoms with Crippen LogP contribution in [0.3, 0.4) is 0 Å². The SMILES string of the molecule is COCCOC(=O)N1[C@@H]2CC[C@H]1[C@H](C(=O)NO)N(S(=O)(=O)N1CCC(Oc3ccc(F)cc3)CC1)C2. The van der Waals surface area contributed by atoms with Crippen LogP contribution < -0.4 is 10.2 Å². The molecule has 3 aliphatic rings. The first-order chi connectivity index (χ1) is 17.3. The smallest absolute Gasteiger partial charge is 0.410 e. The van der Waals surface area contributed by atoms with E-state index >= 15 is 0 Å². The van der Waals surface area contributed by atoms with Crippen molar-refractivity contribution in [3.63, 3.8) is 0 Å². The van der Waals surface area contributed by atoms with Crippen LogP contribution in [0.15, 0.2) is 24.3 Å². The van der Waals surface area contributed by atoms with E-state index in [0.717, 1.165) is 4.31 Å². The van der Waals surface area contributed by atoms with Gasteiger partial charge in [0.25, 0.3) is 16.1 Å². The number of rotatable bonds is 8. The lowest BCUT2D eigenvalue weighted by Gasteiger charge is -2.46. The monoisotopic (exact) mass is 530 g/mol. The number of nitrogens with zero attached hydrogens (tertiary/aromatic N) is 3. The maximum atomic E-state index is 13.6. The largest absolute Gasteiger partial charge is 0.490 e. The number of hydroxylamine groups is 1. The number of piperidine rings is 1. The molecular formula is C22H31FN4O8S. The van der Waals surface area contributed by atoms with Gasteiger partial charge in [-0.2, -0.15) is 17.0 Å². The summed E-state index contributed by atoms with van der Waals surface area (Å²) in [5.74, 6) is -0.780. The number of carbonyl (C=O) groups is 2. The highest BCUT2D eigenvalue weighted by Gasteiger charge is 2.56. The van der Waals surface area contributed by atoms with Crippen LogP contribution >= 0.6 is 0 Å². The highest BCUT2D eigenvalue weighted by molar-refractivity contribution is 7.86. The van der Waals surface area contributed by atoms with Crippen LogP contribution in [0.5, 0.6) is 5.75 Å². The van der Waals surface area contributed by atoms with Crippen LogP contribution in [0.1, 0.15) is 25.7 Å². The predicted octanol–water partition coefficient (Wildman–Crippen LogP) is 0.719. The number of piperazine rings is 1. The first-order valence-electron chi connectivity index (χ1n) is 11.8. The predicted molar refractivity (Wildman–Crippen MR) is 123 cm³/mol. The first kappa shape index (κ1) is 26.5. The van der Waals surface area contributed by atoms with Crippen molar-refractivity contribution in [3.05, 3.63) is 30.1 Å². The fourth-order valence-corrected chi connectivity index (χ4v) is 6.98. The number of nitrogens with one attached hydrogen (secondary N) is 1. The van der Waals surface area contributed by atoms with E-state index < -0.39 is 40.3 Å². The summed E-state index contributed by atoms with van der Waals surface area (Å²) in [5.41, 5.74) is 1.56. The summed E-state index contributed by atoms with van der Waals surface area (Å²) in [6, 6.07) is 3.09. The molecule has 3 fully saturated rings. The van der Waals surface area contributed by atoms with Crippen molar-refractivity contribution in [1.82, 2.24) is 19.0 Å². The number of hydrogen-bond acceptors (Lipinski definition) is 8. The molecule has 200 valence electrons. The van der Waals surface area contributed by atoms with Crippen molar-refractivity contribution in [3.8, 4) is 5.75 Å². The van der Waals surface area contributed by atoms with E-state index in [1.807, 2.05) is 0 Å². The molecular weight excluding hydrogens is 499 g/mol. The Bertz CT molecular complexity index is 1030. The number of hydrogen-bond donors (Lipinski definition) is 2. The Labute approximate surface area is 209 Å². The van der Waals surface area contributed by atoms with Gasteiger partial charge in [-0.15, -0.1) is 0 Å². The molecule has 1 aromatic carbocycles. The molecule has 12 nitrogen and oxygen atoms in total. The number of amides is 2. The summed E-state index contributed by atoms with van der Waals surface area (Å²) in [4.78, 5) is 26.8. The van der Waals surface area contributed by atoms with E-state index in [0.29, 0.717) is 31.4 Å². The highest BCUT2D eigenvalue weighted by Crippen LogP contribution is 2.37. The summed E-state index contributed by atoms with van der Waals surface area (Å²) >= 11 is 0. The second kappa shape index (κ2) is 11.3. The average molecular weight is 531 g/mol. The lowest BCUT2D eigenvalue weighted by Crippen LogP contribution is -2.68. The van der Waals surface area contributed by atoms with Crippen LogP contribution in [-0.4, -0.2) is 103 Å². The van der Waals surface area contributed by atoms with Gasteiger partial charge in [-0.25, -0.2) is 14.7 Å². The second-order valence-electron chi connectivity index (χ2n) is 8.98. The zero-order chi connectivity index (χ0) is 25.9. The van der Waals surface area contributed by atoms with Gasteiger partial charge in [0.1, 0.15) is 30.3 Å². The fourth-order valence-electron chi connectivity index (χ4n) is 5.13. The van der Waals surface area contributed by atoms with Crippen molar-refractivity contribution >= 4 is 22.2 Å². The van der Waals surface area contributed by atoms with E-state index in [-0.39, 0.29) is 44.8 Å². The number of benzene rings is 1. The Kier molecular flexibility index (Phi) is 8.30. The van der Waals surface area contributed by atoms with Crippen molar-refractivity contribution in [2.45, 2.75) is 49.9 Å². The molecule has 0 aliphatic carbocycles. The Hall–Kier alpha value is -2.52. The third kappa shape index (κ3) is 5.42. The van der Waals surface area contributed by atoms with E-state index in [1.54, 1.807) is 5.48 Å². The summed E-state index contributed by atoms with van der Waals surface area (Å²) in [6.45, 7) is 0.463. The van der Waals surface area contributed by atoms with Crippen molar-refractivity contribution in [1.29, 1.82) is 0 Å². The van der Waals surface area contributed by atoms with Gasteiger partial charge in [0.2, 0.25) is 0 Å². The molecule has 0 unspecified atom stereocenters. The molecule has 2 amide bonds. The molecule has 0 radical (unpaired) electrons. The van der Waals surface area contributed by atoms with Crippen molar-refractivity contribution < 1.29 is 41.8 Å². The lowest BCUT2D eigenvalue weighted by atomic mass is 10.1. The molecule has 1 aromatic rings. The van der Waals surface area contributed by atoms with E-state index in [1.165, 1.54) is 40.6 Å². The summed E-state index contributed by atoms with van der Waals surface area (Å²) in [5, 5.41) is 9.37. The van der Waals surface area contributed by atoms with Gasteiger partial charge in [0.05, 0.1) is 12.6 Å². The first-order valence-corrected chi connectivity index (χ1v) is 13.2. The van der Waals surface area contributed by atoms with E-state index in [4.69, 9.17) is 14.2 Å². The summed E-state index contributed by atoms with van der Waals surface area (Å²) < 4.78 is 58.7. The fraction of sp³-hybridized carbons (Fsp3) is 0.636. The minimum Gasteiger partial charge on any atom is -0.490 e. The van der Waals surface area contributed by atoms with Gasteiger partial charge in [0, 0.05) is 32.8 Å². The molecule has 3 saturated heterocycles. The minimum absolute atomic E-state index is 0.0269. The van der Waals surface area contributed by atoms with Gasteiger partial charge >= 0.3 is 6.09 Å². The quantitative estimate of drug-likeness (QED) is 0.285. The zero-order valence-electron chi connectivity index (χ0n) is 19.9. The van der Waals surface area contributed by atoms with Gasteiger partial charge in [-0.1, -0.05) is 0 Å². The Morgan fingerprint density at radius 2 is 1.81 bits per heavy atom. The van der Waals surface area contributed by atoms with Gasteiger partial charge < -0.3 is 14.2 Å². The Balaban J connectivity index is 1.45. The normalized spacial score (nSPS) is 25.5. The van der Waals surface area contributed by atoms with Gasteiger partial charge in [0.15, 0.2) is 0 Å². The minimum atomic E-state index is -4.10. The number of ether oxygens (including phenoxy) is 3. The molecule has 3 heterocycles. The van der Waals surface area contributed by atoms with Crippen LogP contribution in [0.2, 0.25) is 0 Å². The zero-order valence-corrected chi connectivity index (χ0v) is 20.7. The lowest BCUT2D eigenvalue weighted by molar-refractivity contribution is -0.136. The topological polar surface area (TPSA) is 138 Å². The molecule has 2 bridgehead atoms. The second-order valence-corrected chi connectivity index (χ2v) is 10.9. The maximum Gasteiger partial charge on any atom is 0.410 e. The number of methoxy groups -OCH3 is 1. The Morgan fingerprint density at radius 1 is 1.11 bits per heavy atom. The van der Waals surface area contributed by atoms with Crippen LogP contribution in [-0.2, 0) is 24.5 Å². The third-order valence-electron chi connectivity index (χ3n) is 6.85. The van der Waals surface area contributed by atoms with E-state index in [2.05, 4.69) is 0 Å². The molecule has 0 spiro atoms. The van der Waals surface area contributed by atoms with Crippen LogP contribution in [0.4, 0.5) is 9.18 Å². The van der Waals surface area contributed by atoms with Crippen LogP contribution in [0, 0.1) is 5.82 Å².